The molecule has 10 heteroatoms. The Morgan fingerprint density at radius 2 is 1.70 bits per heavy atom. The highest BCUT2D eigenvalue weighted by molar-refractivity contribution is 6.35. The summed E-state index contributed by atoms with van der Waals surface area (Å²) in [7, 11) is 2.91. The smallest absolute Gasteiger partial charge is 0.343 e. The van der Waals surface area contributed by atoms with Crippen LogP contribution in [0.25, 0.3) is 0 Å². The number of carbonyl (C=O) groups is 3. The van der Waals surface area contributed by atoms with E-state index >= 15 is 0 Å². The third kappa shape index (κ3) is 6.45. The molecule has 0 unspecified atom stereocenters. The van der Waals surface area contributed by atoms with E-state index in [1.165, 1.54) is 18.2 Å². The van der Waals surface area contributed by atoms with Gasteiger partial charge in [0.2, 0.25) is 0 Å². The average Bonchev–Trinajstić information content (AvgIpc) is 2.87. The Bertz CT molecular complexity index is 1000. The molecular weight excluding hydrogens is 428 g/mol. The fourth-order valence-corrected chi connectivity index (χ4v) is 3.25. The number of amides is 2. The minimum Gasteiger partial charge on any atom is -0.495 e. The maximum absolute atomic E-state index is 12.4. The lowest BCUT2D eigenvalue weighted by molar-refractivity contribution is -0.146. The Morgan fingerprint density at radius 1 is 1.00 bits per heavy atom. The maximum atomic E-state index is 12.4. The fraction of sp³-hybridized carbons (Fsp3) is 0.304. The number of carbonyl (C=O) groups excluding carboxylic acids is 3. The maximum Gasteiger partial charge on any atom is 0.343 e. The summed E-state index contributed by atoms with van der Waals surface area (Å²) in [6.07, 6.45) is 1.41. The molecule has 0 aliphatic carbocycles. The Labute approximate surface area is 191 Å². The number of hydrogen-bond donors (Lipinski definition) is 1. The number of benzene rings is 2. The second-order valence-corrected chi connectivity index (χ2v) is 7.08. The van der Waals surface area contributed by atoms with Crippen molar-refractivity contribution in [3.63, 3.8) is 0 Å². The summed E-state index contributed by atoms with van der Waals surface area (Å²) in [4.78, 5) is 39.4. The molecule has 1 aliphatic heterocycles. The Balaban J connectivity index is 1.45. The van der Waals surface area contributed by atoms with Crippen LogP contribution in [0.4, 0.5) is 5.69 Å². The summed E-state index contributed by atoms with van der Waals surface area (Å²) in [6.45, 7) is 1.83. The second kappa shape index (κ2) is 11.5. The molecule has 174 valence electrons. The molecule has 1 N–H and O–H groups in total. The number of hydrazone groups is 1. The van der Waals surface area contributed by atoms with Crippen molar-refractivity contribution < 1.29 is 28.6 Å². The van der Waals surface area contributed by atoms with Crippen molar-refractivity contribution in [3.8, 4) is 11.5 Å². The molecule has 2 amide bonds. The molecule has 0 saturated carbocycles. The van der Waals surface area contributed by atoms with Gasteiger partial charge in [0.25, 0.3) is 0 Å². The topological polar surface area (TPSA) is 110 Å². The van der Waals surface area contributed by atoms with Crippen LogP contribution in [-0.2, 0) is 19.1 Å². The Hall–Kier alpha value is -4.08. The van der Waals surface area contributed by atoms with Crippen molar-refractivity contribution in [1.29, 1.82) is 0 Å². The zero-order valence-electron chi connectivity index (χ0n) is 18.5. The highest BCUT2D eigenvalue weighted by atomic mass is 16.6. The zero-order valence-corrected chi connectivity index (χ0v) is 18.5. The predicted octanol–water partition coefficient (Wildman–Crippen LogP) is 1.05. The lowest BCUT2D eigenvalue weighted by atomic mass is 10.2. The van der Waals surface area contributed by atoms with Crippen LogP contribution in [0.2, 0.25) is 0 Å². The number of anilines is 1. The number of hydrogen-bond acceptors (Lipinski definition) is 8. The second-order valence-electron chi connectivity index (χ2n) is 7.08. The molecule has 0 spiro atoms. The lowest BCUT2D eigenvalue weighted by Gasteiger charge is -2.36. The number of piperazine rings is 1. The van der Waals surface area contributed by atoms with Crippen LogP contribution < -0.4 is 19.8 Å². The summed E-state index contributed by atoms with van der Waals surface area (Å²) in [5.41, 5.74) is 3.91. The van der Waals surface area contributed by atoms with Gasteiger partial charge in [0, 0.05) is 26.2 Å². The number of nitrogens with one attached hydrogen (secondary N) is 1. The first-order valence-corrected chi connectivity index (χ1v) is 10.3. The van der Waals surface area contributed by atoms with Gasteiger partial charge in [-0.25, -0.2) is 10.2 Å². The van der Waals surface area contributed by atoms with Gasteiger partial charge in [0.1, 0.15) is 11.5 Å². The van der Waals surface area contributed by atoms with Gasteiger partial charge in [-0.05, 0) is 42.0 Å². The normalized spacial score (nSPS) is 13.5. The minimum atomic E-state index is -0.796. The molecule has 1 fully saturated rings. The standard InChI is InChI=1S/C23H26N4O6/c1-31-20-6-4-3-5-19(20)26-11-13-27(14-12-26)23(30)22(29)25-24-15-17-7-9-18(10-8-17)33-16-21(28)32-2/h3-10,15H,11-14,16H2,1-2H3,(H,25,29)/b24-15-. The van der Waals surface area contributed by atoms with Crippen molar-refractivity contribution in [3.05, 3.63) is 54.1 Å². The SMILES string of the molecule is COC(=O)COc1ccc(/C=N\NC(=O)C(=O)N2CCN(c3ccccc3OC)CC2)cc1. The van der Waals surface area contributed by atoms with E-state index in [0.717, 1.165) is 11.4 Å². The summed E-state index contributed by atoms with van der Waals surface area (Å²) in [5.74, 6) is -0.640. The largest absolute Gasteiger partial charge is 0.495 e. The molecule has 33 heavy (non-hydrogen) atoms. The van der Waals surface area contributed by atoms with Crippen LogP contribution in [0.1, 0.15) is 5.56 Å². The number of rotatable bonds is 7. The molecule has 0 aromatic heterocycles. The first kappa shape index (κ1) is 23.6. The van der Waals surface area contributed by atoms with E-state index in [1.807, 2.05) is 24.3 Å². The van der Waals surface area contributed by atoms with Crippen molar-refractivity contribution in [2.75, 3.05) is 51.9 Å². The van der Waals surface area contributed by atoms with Crippen molar-refractivity contribution >= 4 is 29.7 Å². The van der Waals surface area contributed by atoms with Crippen LogP contribution in [0.5, 0.6) is 11.5 Å². The molecular formula is C23H26N4O6. The van der Waals surface area contributed by atoms with Gasteiger partial charge in [0.15, 0.2) is 6.61 Å². The molecule has 0 atom stereocenters. The molecule has 10 nitrogen and oxygen atoms in total. The Morgan fingerprint density at radius 3 is 2.36 bits per heavy atom. The lowest BCUT2D eigenvalue weighted by Crippen LogP contribution is -2.52. The first-order valence-electron chi connectivity index (χ1n) is 10.3. The summed E-state index contributed by atoms with van der Waals surface area (Å²) in [5, 5.41) is 3.85. The van der Waals surface area contributed by atoms with Gasteiger partial charge in [-0.15, -0.1) is 0 Å². The van der Waals surface area contributed by atoms with E-state index in [9.17, 15) is 14.4 Å². The molecule has 2 aromatic rings. The van der Waals surface area contributed by atoms with Crippen molar-refractivity contribution in [2.45, 2.75) is 0 Å². The molecule has 0 radical (unpaired) electrons. The van der Waals surface area contributed by atoms with Crippen LogP contribution in [0.3, 0.4) is 0 Å². The van der Waals surface area contributed by atoms with E-state index in [4.69, 9.17) is 9.47 Å². The summed E-state index contributed by atoms with van der Waals surface area (Å²) >= 11 is 0. The zero-order chi connectivity index (χ0) is 23.6. The fourth-order valence-electron chi connectivity index (χ4n) is 3.25. The van der Waals surface area contributed by atoms with E-state index < -0.39 is 17.8 Å². The number of nitrogens with zero attached hydrogens (tertiary/aromatic N) is 3. The molecule has 2 aromatic carbocycles. The van der Waals surface area contributed by atoms with Crippen molar-refractivity contribution in [2.24, 2.45) is 5.10 Å². The highest BCUT2D eigenvalue weighted by Gasteiger charge is 2.26. The summed E-state index contributed by atoms with van der Waals surface area (Å²) < 4.78 is 15.2. The van der Waals surface area contributed by atoms with Gasteiger partial charge in [-0.1, -0.05) is 12.1 Å². The van der Waals surface area contributed by atoms with E-state index in [0.29, 0.717) is 37.5 Å². The van der Waals surface area contributed by atoms with Gasteiger partial charge >= 0.3 is 17.8 Å². The van der Waals surface area contributed by atoms with Gasteiger partial charge in [-0.2, -0.15) is 5.10 Å². The van der Waals surface area contributed by atoms with E-state index in [1.54, 1.807) is 31.4 Å². The highest BCUT2D eigenvalue weighted by Crippen LogP contribution is 2.28. The number of para-hydroxylation sites is 2. The minimum absolute atomic E-state index is 0.185. The third-order valence-corrected chi connectivity index (χ3v) is 5.03. The number of ether oxygens (including phenoxy) is 3. The molecule has 0 bridgehead atoms. The summed E-state index contributed by atoms with van der Waals surface area (Å²) in [6, 6.07) is 14.4. The van der Waals surface area contributed by atoms with Gasteiger partial charge in [0.05, 0.1) is 26.1 Å². The van der Waals surface area contributed by atoms with Crippen LogP contribution in [0, 0.1) is 0 Å². The van der Waals surface area contributed by atoms with E-state index in [-0.39, 0.29) is 6.61 Å². The monoisotopic (exact) mass is 454 g/mol. The molecule has 1 heterocycles. The first-order chi connectivity index (χ1) is 16.0. The molecule has 3 rings (SSSR count). The number of methoxy groups -OCH3 is 2. The quantitative estimate of drug-likeness (QED) is 0.288. The van der Waals surface area contributed by atoms with Crippen LogP contribution in [0.15, 0.2) is 53.6 Å². The van der Waals surface area contributed by atoms with Gasteiger partial charge in [-0.3, -0.25) is 9.59 Å². The van der Waals surface area contributed by atoms with Crippen LogP contribution >= 0.6 is 0 Å². The molecule has 1 saturated heterocycles. The Kier molecular flexibility index (Phi) is 8.23. The van der Waals surface area contributed by atoms with E-state index in [2.05, 4.69) is 20.2 Å². The van der Waals surface area contributed by atoms with Crippen molar-refractivity contribution in [1.82, 2.24) is 10.3 Å². The van der Waals surface area contributed by atoms with Gasteiger partial charge < -0.3 is 24.0 Å². The predicted molar refractivity (Wildman–Crippen MR) is 121 cm³/mol. The third-order valence-electron chi connectivity index (χ3n) is 5.03. The number of esters is 1. The van der Waals surface area contributed by atoms with Crippen LogP contribution in [-0.4, -0.2) is 75.9 Å². The molecule has 1 aliphatic rings. The average molecular weight is 454 g/mol.